The van der Waals surface area contributed by atoms with Crippen LogP contribution in [0.2, 0.25) is 0 Å². The molecule has 0 aliphatic rings. The fraction of sp³-hybridized carbons (Fsp3) is 0.364. The second kappa shape index (κ2) is 5.58. The number of carbonyl (C=O) groups excluding carboxylic acids is 1. The average molecular weight is 227 g/mol. The minimum absolute atomic E-state index is 0.0764. The van der Waals surface area contributed by atoms with Crippen molar-refractivity contribution in [1.82, 2.24) is 5.32 Å². The van der Waals surface area contributed by atoms with Crippen molar-refractivity contribution in [3.8, 4) is 0 Å². The minimum Gasteiger partial charge on any atom is -0.388 e. The van der Waals surface area contributed by atoms with Gasteiger partial charge in [-0.05, 0) is 17.7 Å². The summed E-state index contributed by atoms with van der Waals surface area (Å²) in [5.74, 6) is -0.784. The third-order valence-electron chi connectivity index (χ3n) is 2.11. The van der Waals surface area contributed by atoms with Crippen LogP contribution in [-0.4, -0.2) is 28.8 Å². The van der Waals surface area contributed by atoms with Gasteiger partial charge in [0.1, 0.15) is 18.0 Å². The normalized spacial score (nSPS) is 14.2. The van der Waals surface area contributed by atoms with Gasteiger partial charge < -0.3 is 15.5 Å². The molecule has 2 unspecified atom stereocenters. The molecule has 1 rings (SSSR count). The van der Waals surface area contributed by atoms with Crippen molar-refractivity contribution >= 4 is 5.91 Å². The lowest BCUT2D eigenvalue weighted by Crippen LogP contribution is -2.34. The molecule has 0 saturated heterocycles. The molecule has 0 bridgehead atoms. The molecule has 3 N–H and O–H groups in total. The lowest BCUT2D eigenvalue weighted by Gasteiger charge is -2.18. The Bertz CT molecular complexity index is 370. The van der Waals surface area contributed by atoms with E-state index in [1.54, 1.807) is 0 Å². The molecule has 16 heavy (non-hydrogen) atoms. The molecular formula is C11H14FNO3. The molecule has 1 aromatic carbocycles. The molecule has 5 heteroatoms. The summed E-state index contributed by atoms with van der Waals surface area (Å²) in [7, 11) is 0. The second-order valence-electron chi connectivity index (χ2n) is 3.50. The van der Waals surface area contributed by atoms with Crippen LogP contribution >= 0.6 is 0 Å². The number of carbonyl (C=O) groups is 1. The van der Waals surface area contributed by atoms with Crippen LogP contribution in [0.3, 0.4) is 0 Å². The summed E-state index contributed by atoms with van der Waals surface area (Å²) in [6.45, 7) is 1.23. The maximum atomic E-state index is 12.8. The maximum absolute atomic E-state index is 12.8. The lowest BCUT2D eigenvalue weighted by atomic mass is 10.0. The molecule has 1 amide bonds. The molecule has 0 aliphatic carbocycles. The summed E-state index contributed by atoms with van der Waals surface area (Å²) in [6, 6.07) is 5.34. The third kappa shape index (κ3) is 3.60. The summed E-state index contributed by atoms with van der Waals surface area (Å²) < 4.78 is 12.8. The fourth-order valence-corrected chi connectivity index (χ4v) is 1.27. The smallest absolute Gasteiger partial charge is 0.216 e. The van der Waals surface area contributed by atoms with Gasteiger partial charge in [-0.25, -0.2) is 4.39 Å². The first-order valence-electron chi connectivity index (χ1n) is 4.86. The Hall–Kier alpha value is -1.46. The van der Waals surface area contributed by atoms with Crippen molar-refractivity contribution in [2.45, 2.75) is 19.1 Å². The summed E-state index contributed by atoms with van der Waals surface area (Å²) in [5.41, 5.74) is 0.276. The Labute approximate surface area is 92.7 Å². The number of rotatable bonds is 4. The molecule has 0 radical (unpaired) electrons. The van der Waals surface area contributed by atoms with Crippen LogP contribution in [0.5, 0.6) is 0 Å². The highest BCUT2D eigenvalue weighted by molar-refractivity contribution is 5.72. The van der Waals surface area contributed by atoms with Crippen molar-refractivity contribution in [3.05, 3.63) is 35.6 Å². The first-order chi connectivity index (χ1) is 7.50. The molecule has 0 heterocycles. The van der Waals surface area contributed by atoms with Crippen LogP contribution in [0.4, 0.5) is 4.39 Å². The van der Waals surface area contributed by atoms with E-state index in [1.807, 2.05) is 0 Å². The van der Waals surface area contributed by atoms with E-state index in [-0.39, 0.29) is 18.0 Å². The van der Waals surface area contributed by atoms with Crippen molar-refractivity contribution in [2.75, 3.05) is 6.54 Å². The molecule has 0 aliphatic heterocycles. The van der Waals surface area contributed by atoms with Gasteiger partial charge in [-0.3, -0.25) is 4.79 Å². The van der Waals surface area contributed by atoms with Crippen LogP contribution in [0, 0.1) is 5.82 Å². The van der Waals surface area contributed by atoms with Crippen LogP contribution < -0.4 is 5.32 Å². The summed E-state index contributed by atoms with van der Waals surface area (Å²) in [6.07, 6.45) is -2.38. The molecule has 1 aromatic rings. The Kier molecular flexibility index (Phi) is 4.39. The molecule has 0 fully saturated rings. The van der Waals surface area contributed by atoms with E-state index in [0.717, 1.165) is 6.07 Å². The van der Waals surface area contributed by atoms with E-state index >= 15 is 0 Å². The van der Waals surface area contributed by atoms with Gasteiger partial charge in [-0.15, -0.1) is 0 Å². The van der Waals surface area contributed by atoms with Crippen LogP contribution in [0.1, 0.15) is 18.6 Å². The van der Waals surface area contributed by atoms with E-state index < -0.39 is 18.0 Å². The summed E-state index contributed by atoms with van der Waals surface area (Å²) in [4.78, 5) is 10.6. The van der Waals surface area contributed by atoms with E-state index in [9.17, 15) is 19.4 Å². The number of benzene rings is 1. The molecule has 0 aromatic heterocycles. The molecule has 88 valence electrons. The van der Waals surface area contributed by atoms with Crippen molar-refractivity contribution < 1.29 is 19.4 Å². The maximum Gasteiger partial charge on any atom is 0.216 e. The molecule has 0 spiro atoms. The van der Waals surface area contributed by atoms with Gasteiger partial charge in [-0.2, -0.15) is 0 Å². The molecular weight excluding hydrogens is 213 g/mol. The first kappa shape index (κ1) is 12.6. The Morgan fingerprint density at radius 2 is 2.19 bits per heavy atom. The van der Waals surface area contributed by atoms with Crippen LogP contribution in [0.25, 0.3) is 0 Å². The predicted octanol–water partition coefficient (Wildman–Crippen LogP) is 0.356. The van der Waals surface area contributed by atoms with Gasteiger partial charge in [0, 0.05) is 13.5 Å². The zero-order valence-corrected chi connectivity index (χ0v) is 8.85. The van der Waals surface area contributed by atoms with E-state index in [1.165, 1.54) is 25.1 Å². The monoisotopic (exact) mass is 227 g/mol. The number of hydrogen-bond acceptors (Lipinski definition) is 3. The Balaban J connectivity index is 2.62. The van der Waals surface area contributed by atoms with Crippen LogP contribution in [0.15, 0.2) is 24.3 Å². The SMILES string of the molecule is CC(=O)NCC(O)C(O)c1cccc(F)c1. The van der Waals surface area contributed by atoms with Gasteiger partial charge >= 0.3 is 0 Å². The molecule has 0 saturated carbocycles. The number of nitrogens with one attached hydrogen (secondary N) is 1. The van der Waals surface area contributed by atoms with Gasteiger partial charge in [0.2, 0.25) is 5.91 Å². The zero-order chi connectivity index (χ0) is 12.1. The van der Waals surface area contributed by atoms with E-state index in [0.29, 0.717) is 0 Å². The van der Waals surface area contributed by atoms with Crippen molar-refractivity contribution in [1.29, 1.82) is 0 Å². The number of hydrogen-bond donors (Lipinski definition) is 3. The molecule has 4 nitrogen and oxygen atoms in total. The zero-order valence-electron chi connectivity index (χ0n) is 8.85. The van der Waals surface area contributed by atoms with E-state index in [2.05, 4.69) is 5.32 Å². The van der Waals surface area contributed by atoms with Gasteiger partial charge in [0.25, 0.3) is 0 Å². The first-order valence-corrected chi connectivity index (χ1v) is 4.86. The van der Waals surface area contributed by atoms with Crippen molar-refractivity contribution in [2.24, 2.45) is 0 Å². The number of aliphatic hydroxyl groups is 2. The average Bonchev–Trinajstić information content (AvgIpc) is 2.24. The fourth-order valence-electron chi connectivity index (χ4n) is 1.27. The lowest BCUT2D eigenvalue weighted by molar-refractivity contribution is -0.119. The Morgan fingerprint density at radius 1 is 1.50 bits per heavy atom. The largest absolute Gasteiger partial charge is 0.388 e. The standard InChI is InChI=1S/C11H14FNO3/c1-7(14)13-6-10(15)11(16)8-3-2-4-9(12)5-8/h2-5,10-11,15-16H,6H2,1H3,(H,13,14). The molecule has 2 atom stereocenters. The second-order valence-corrected chi connectivity index (χ2v) is 3.50. The highest BCUT2D eigenvalue weighted by atomic mass is 19.1. The number of aliphatic hydroxyl groups excluding tert-OH is 2. The highest BCUT2D eigenvalue weighted by Crippen LogP contribution is 2.17. The summed E-state index contributed by atoms with van der Waals surface area (Å²) >= 11 is 0. The van der Waals surface area contributed by atoms with Crippen molar-refractivity contribution in [3.63, 3.8) is 0 Å². The summed E-state index contributed by atoms with van der Waals surface area (Å²) in [5, 5.41) is 21.6. The van der Waals surface area contributed by atoms with Gasteiger partial charge in [0.05, 0.1) is 0 Å². The quantitative estimate of drug-likeness (QED) is 0.695. The Morgan fingerprint density at radius 3 is 2.75 bits per heavy atom. The predicted molar refractivity (Wildman–Crippen MR) is 56.1 cm³/mol. The van der Waals surface area contributed by atoms with E-state index in [4.69, 9.17) is 0 Å². The number of halogens is 1. The highest BCUT2D eigenvalue weighted by Gasteiger charge is 2.18. The van der Waals surface area contributed by atoms with Crippen LogP contribution in [-0.2, 0) is 4.79 Å². The topological polar surface area (TPSA) is 69.6 Å². The third-order valence-corrected chi connectivity index (χ3v) is 2.11. The minimum atomic E-state index is -1.22. The van der Waals surface area contributed by atoms with Gasteiger partial charge in [0.15, 0.2) is 0 Å². The number of amides is 1. The van der Waals surface area contributed by atoms with Gasteiger partial charge in [-0.1, -0.05) is 12.1 Å².